The minimum Gasteiger partial charge on any atom is -0.496 e. The number of methoxy groups -OCH3 is 2. The number of fused-ring (bicyclic) bond motifs is 3. The first kappa shape index (κ1) is 17.1. The Kier molecular flexibility index (Phi) is 4.46. The first-order valence-corrected chi connectivity index (χ1v) is 8.91. The number of ether oxygens (including phenoxy) is 2. The quantitative estimate of drug-likeness (QED) is 0.765. The van der Waals surface area contributed by atoms with E-state index in [2.05, 4.69) is 39.0 Å². The molecule has 0 radical (unpaired) electrons. The summed E-state index contributed by atoms with van der Waals surface area (Å²) >= 11 is 0. The smallest absolute Gasteiger partial charge is 0.333 e. The molecular formula is C21H28O3. The van der Waals surface area contributed by atoms with E-state index in [4.69, 9.17) is 9.47 Å². The maximum absolute atomic E-state index is 11.9. The summed E-state index contributed by atoms with van der Waals surface area (Å²) in [6.45, 7) is 6.77. The van der Waals surface area contributed by atoms with E-state index in [-0.39, 0.29) is 11.4 Å². The maximum atomic E-state index is 11.9. The van der Waals surface area contributed by atoms with Gasteiger partial charge in [0.1, 0.15) is 5.75 Å². The molecule has 2 aliphatic carbocycles. The third kappa shape index (κ3) is 2.54. The number of carbonyl (C=O) groups is 1. The number of esters is 1. The van der Waals surface area contributed by atoms with Gasteiger partial charge in [-0.2, -0.15) is 0 Å². The van der Waals surface area contributed by atoms with Gasteiger partial charge in [0.2, 0.25) is 0 Å². The molecule has 0 spiro atoms. The fourth-order valence-electron chi connectivity index (χ4n) is 4.55. The van der Waals surface area contributed by atoms with Gasteiger partial charge >= 0.3 is 5.97 Å². The molecule has 1 aromatic carbocycles. The highest BCUT2D eigenvalue weighted by Gasteiger charge is 2.43. The number of rotatable bonds is 3. The second-order valence-corrected chi connectivity index (χ2v) is 7.61. The molecule has 0 saturated heterocycles. The van der Waals surface area contributed by atoms with Crippen molar-refractivity contribution in [3.8, 4) is 5.75 Å². The van der Waals surface area contributed by atoms with Gasteiger partial charge < -0.3 is 9.47 Å². The van der Waals surface area contributed by atoms with Gasteiger partial charge in [-0.3, -0.25) is 0 Å². The van der Waals surface area contributed by atoms with E-state index < -0.39 is 0 Å². The SMILES string of the molecule is COC(=O)C1=C[C@@H]2CCc3c(ccc(C(C)C)c3OC)[C@@]2(C)CC1. The van der Waals surface area contributed by atoms with Gasteiger partial charge in [0.05, 0.1) is 14.2 Å². The summed E-state index contributed by atoms with van der Waals surface area (Å²) < 4.78 is 10.7. The Morgan fingerprint density at radius 2 is 2.00 bits per heavy atom. The van der Waals surface area contributed by atoms with Gasteiger partial charge in [0.25, 0.3) is 0 Å². The lowest BCUT2D eigenvalue weighted by atomic mass is 9.59. The number of hydrogen-bond acceptors (Lipinski definition) is 3. The monoisotopic (exact) mass is 328 g/mol. The zero-order valence-corrected chi connectivity index (χ0v) is 15.4. The molecule has 2 atom stereocenters. The number of benzene rings is 1. The van der Waals surface area contributed by atoms with Crippen molar-refractivity contribution in [2.75, 3.05) is 14.2 Å². The van der Waals surface area contributed by atoms with E-state index in [0.717, 1.165) is 37.0 Å². The van der Waals surface area contributed by atoms with Crippen molar-refractivity contribution >= 4 is 5.97 Å². The van der Waals surface area contributed by atoms with Gasteiger partial charge in [-0.1, -0.05) is 39.0 Å². The molecule has 130 valence electrons. The minimum atomic E-state index is -0.171. The van der Waals surface area contributed by atoms with Crippen LogP contribution in [0, 0.1) is 5.92 Å². The van der Waals surface area contributed by atoms with E-state index in [1.54, 1.807) is 7.11 Å². The van der Waals surface area contributed by atoms with Gasteiger partial charge in [-0.15, -0.1) is 0 Å². The van der Waals surface area contributed by atoms with E-state index >= 15 is 0 Å². The summed E-state index contributed by atoms with van der Waals surface area (Å²) in [6, 6.07) is 4.53. The van der Waals surface area contributed by atoms with Crippen LogP contribution >= 0.6 is 0 Å². The van der Waals surface area contributed by atoms with Gasteiger partial charge in [0, 0.05) is 5.57 Å². The van der Waals surface area contributed by atoms with E-state index in [1.807, 2.05) is 0 Å². The third-order valence-electron chi connectivity index (χ3n) is 6.02. The van der Waals surface area contributed by atoms with E-state index in [9.17, 15) is 4.79 Å². The minimum absolute atomic E-state index is 0.0773. The second kappa shape index (κ2) is 6.27. The molecule has 0 fully saturated rings. The summed E-state index contributed by atoms with van der Waals surface area (Å²) in [4.78, 5) is 11.9. The van der Waals surface area contributed by atoms with Crippen molar-refractivity contribution in [3.05, 3.63) is 40.5 Å². The van der Waals surface area contributed by atoms with Crippen molar-refractivity contribution in [3.63, 3.8) is 0 Å². The van der Waals surface area contributed by atoms with Crippen LogP contribution in [0.2, 0.25) is 0 Å². The highest BCUT2D eigenvalue weighted by atomic mass is 16.5. The molecule has 3 rings (SSSR count). The standard InChI is InChI=1S/C21H28O3/c1-13(2)16-8-9-18-17(19(16)23-4)7-6-15-12-14(20(22)24-5)10-11-21(15,18)3/h8-9,12-13,15H,6-7,10-11H2,1-5H3/t15-,21-/m0/s1. The molecule has 0 heterocycles. The third-order valence-corrected chi connectivity index (χ3v) is 6.02. The molecule has 0 amide bonds. The predicted octanol–water partition coefficient (Wildman–Crippen LogP) is 4.53. The van der Waals surface area contributed by atoms with Crippen LogP contribution in [-0.4, -0.2) is 20.2 Å². The fraction of sp³-hybridized carbons (Fsp3) is 0.571. The fourth-order valence-corrected chi connectivity index (χ4v) is 4.55. The van der Waals surface area contributed by atoms with Crippen LogP contribution in [0.15, 0.2) is 23.8 Å². The number of carbonyl (C=O) groups excluding carboxylic acids is 1. The Bertz CT molecular complexity index is 687. The van der Waals surface area contributed by atoms with Crippen molar-refractivity contribution in [2.45, 2.75) is 57.8 Å². The molecule has 0 aromatic heterocycles. The highest BCUT2D eigenvalue weighted by molar-refractivity contribution is 5.88. The first-order chi connectivity index (χ1) is 11.4. The lowest BCUT2D eigenvalue weighted by molar-refractivity contribution is -0.136. The van der Waals surface area contributed by atoms with Crippen molar-refractivity contribution in [1.82, 2.24) is 0 Å². The molecule has 0 unspecified atom stereocenters. The summed E-state index contributed by atoms with van der Waals surface area (Å²) in [5.41, 5.74) is 4.99. The van der Waals surface area contributed by atoms with Gasteiger partial charge in [-0.05, 0) is 59.6 Å². The van der Waals surface area contributed by atoms with Crippen LogP contribution in [-0.2, 0) is 21.4 Å². The summed E-state index contributed by atoms with van der Waals surface area (Å²) in [7, 11) is 3.25. The topological polar surface area (TPSA) is 35.5 Å². The van der Waals surface area contributed by atoms with E-state index in [1.165, 1.54) is 23.8 Å². The highest BCUT2D eigenvalue weighted by Crippen LogP contribution is 2.51. The average Bonchev–Trinajstić information content (AvgIpc) is 2.59. The molecule has 24 heavy (non-hydrogen) atoms. The number of hydrogen-bond donors (Lipinski definition) is 0. The Hall–Kier alpha value is -1.77. The largest absolute Gasteiger partial charge is 0.496 e. The molecule has 3 heteroatoms. The Labute approximate surface area is 145 Å². The van der Waals surface area contributed by atoms with Gasteiger partial charge in [0.15, 0.2) is 0 Å². The first-order valence-electron chi connectivity index (χ1n) is 8.91. The molecular weight excluding hydrogens is 300 g/mol. The van der Waals surface area contributed by atoms with E-state index in [0.29, 0.717) is 11.8 Å². The zero-order chi connectivity index (χ0) is 17.5. The summed E-state index contributed by atoms with van der Waals surface area (Å²) in [6.07, 6.45) is 6.00. The molecule has 0 saturated carbocycles. The maximum Gasteiger partial charge on any atom is 0.333 e. The molecule has 1 aromatic rings. The molecule has 0 bridgehead atoms. The van der Waals surface area contributed by atoms with Crippen LogP contribution in [0.1, 0.15) is 62.6 Å². The van der Waals surface area contributed by atoms with Crippen molar-refractivity contribution < 1.29 is 14.3 Å². The lowest BCUT2D eigenvalue weighted by Gasteiger charge is -2.45. The summed E-state index contributed by atoms with van der Waals surface area (Å²) in [5, 5.41) is 0. The normalized spacial score (nSPS) is 25.6. The lowest BCUT2D eigenvalue weighted by Crippen LogP contribution is -2.39. The molecule has 0 N–H and O–H groups in total. The van der Waals surface area contributed by atoms with Crippen LogP contribution in [0.25, 0.3) is 0 Å². The Morgan fingerprint density at radius 3 is 2.62 bits per heavy atom. The zero-order valence-electron chi connectivity index (χ0n) is 15.4. The van der Waals surface area contributed by atoms with Crippen LogP contribution < -0.4 is 4.74 Å². The molecule has 3 nitrogen and oxygen atoms in total. The number of allylic oxidation sites excluding steroid dienone is 1. The Balaban J connectivity index is 2.06. The van der Waals surface area contributed by atoms with Gasteiger partial charge in [-0.25, -0.2) is 4.79 Å². The molecule has 0 aliphatic heterocycles. The van der Waals surface area contributed by atoms with Crippen LogP contribution in [0.4, 0.5) is 0 Å². The average molecular weight is 328 g/mol. The van der Waals surface area contributed by atoms with Crippen molar-refractivity contribution in [1.29, 1.82) is 0 Å². The van der Waals surface area contributed by atoms with Crippen LogP contribution in [0.3, 0.4) is 0 Å². The van der Waals surface area contributed by atoms with Crippen molar-refractivity contribution in [2.24, 2.45) is 5.92 Å². The summed E-state index contributed by atoms with van der Waals surface area (Å²) in [5.74, 6) is 1.75. The Morgan fingerprint density at radius 1 is 1.25 bits per heavy atom. The predicted molar refractivity (Wildman–Crippen MR) is 95.6 cm³/mol. The molecule has 2 aliphatic rings. The van der Waals surface area contributed by atoms with Crippen LogP contribution in [0.5, 0.6) is 5.75 Å². The second-order valence-electron chi connectivity index (χ2n) is 7.61.